The predicted molar refractivity (Wildman–Crippen MR) is 78.4 cm³/mol. The minimum absolute atomic E-state index is 0.0255. The van der Waals surface area contributed by atoms with Crippen LogP contribution < -0.4 is 10.6 Å². The van der Waals surface area contributed by atoms with Crippen molar-refractivity contribution >= 4 is 6.03 Å². The summed E-state index contributed by atoms with van der Waals surface area (Å²) in [4.78, 5) is 15.9. The quantitative estimate of drug-likeness (QED) is 0.836. The van der Waals surface area contributed by atoms with Gasteiger partial charge in [0, 0.05) is 24.6 Å². The summed E-state index contributed by atoms with van der Waals surface area (Å²) in [5.74, 6) is 1.90. The maximum atomic E-state index is 11.8. The molecule has 8 nitrogen and oxygen atoms in total. The Labute approximate surface area is 128 Å². The van der Waals surface area contributed by atoms with Crippen molar-refractivity contribution in [3.8, 4) is 0 Å². The molecule has 0 saturated carbocycles. The van der Waals surface area contributed by atoms with Crippen LogP contribution in [-0.2, 0) is 12.8 Å². The van der Waals surface area contributed by atoms with Crippen molar-refractivity contribution in [1.82, 2.24) is 25.9 Å². The van der Waals surface area contributed by atoms with Crippen LogP contribution in [0.3, 0.4) is 0 Å². The number of nitrogens with one attached hydrogen (secondary N) is 2. The third-order valence-corrected chi connectivity index (χ3v) is 3.26. The molecule has 0 spiro atoms. The van der Waals surface area contributed by atoms with Crippen LogP contribution in [-0.4, -0.2) is 33.9 Å². The van der Waals surface area contributed by atoms with E-state index in [2.05, 4.69) is 25.9 Å². The zero-order chi connectivity index (χ0) is 16.1. The Bertz CT molecular complexity index is 615. The monoisotopic (exact) mass is 307 g/mol. The van der Waals surface area contributed by atoms with Crippen molar-refractivity contribution in [2.24, 2.45) is 0 Å². The largest absolute Gasteiger partial charge is 0.361 e. The molecule has 120 valence electrons. The molecule has 2 aromatic heterocycles. The second kappa shape index (κ2) is 7.06. The smallest absolute Gasteiger partial charge is 0.315 e. The van der Waals surface area contributed by atoms with Gasteiger partial charge >= 0.3 is 6.03 Å². The van der Waals surface area contributed by atoms with Crippen LogP contribution in [0.15, 0.2) is 9.05 Å². The van der Waals surface area contributed by atoms with E-state index in [4.69, 9.17) is 9.05 Å². The molecular formula is C14H21N5O3. The first-order chi connectivity index (χ1) is 10.5. The van der Waals surface area contributed by atoms with Gasteiger partial charge in [0.1, 0.15) is 5.76 Å². The molecule has 0 unspecified atom stereocenters. The van der Waals surface area contributed by atoms with E-state index >= 15 is 0 Å². The fourth-order valence-corrected chi connectivity index (χ4v) is 2.15. The summed E-state index contributed by atoms with van der Waals surface area (Å²) in [5, 5.41) is 13.2. The number of urea groups is 1. The molecule has 1 atom stereocenters. The Morgan fingerprint density at radius 3 is 2.59 bits per heavy atom. The maximum absolute atomic E-state index is 11.8. The van der Waals surface area contributed by atoms with Crippen LogP contribution in [0.1, 0.15) is 35.7 Å². The summed E-state index contributed by atoms with van der Waals surface area (Å²) in [6, 6.07) is -0.252. The molecule has 0 radical (unpaired) electrons. The number of rotatable bonds is 6. The Morgan fingerprint density at radius 2 is 2.00 bits per heavy atom. The molecule has 8 heteroatoms. The lowest BCUT2D eigenvalue weighted by Gasteiger charge is -2.14. The average Bonchev–Trinajstić information content (AvgIpc) is 2.99. The fourth-order valence-electron chi connectivity index (χ4n) is 2.15. The topological polar surface area (TPSA) is 106 Å². The molecule has 22 heavy (non-hydrogen) atoms. The second-order valence-electron chi connectivity index (χ2n) is 5.29. The van der Waals surface area contributed by atoms with E-state index in [1.807, 2.05) is 20.8 Å². The molecule has 0 bridgehead atoms. The summed E-state index contributed by atoms with van der Waals surface area (Å²) < 4.78 is 10.1. The van der Waals surface area contributed by atoms with E-state index in [9.17, 15) is 4.79 Å². The fraction of sp³-hybridized carbons (Fsp3) is 0.571. The number of aryl methyl sites for hydroxylation is 3. The molecule has 0 saturated heterocycles. The van der Waals surface area contributed by atoms with E-state index in [1.165, 1.54) is 0 Å². The summed E-state index contributed by atoms with van der Waals surface area (Å²) in [6.45, 7) is 7.89. The van der Waals surface area contributed by atoms with Gasteiger partial charge < -0.3 is 19.7 Å². The lowest BCUT2D eigenvalue weighted by atomic mass is 10.1. The predicted octanol–water partition coefficient (Wildman–Crippen LogP) is 1.46. The third kappa shape index (κ3) is 4.31. The van der Waals surface area contributed by atoms with Gasteiger partial charge in [0.2, 0.25) is 5.89 Å². The van der Waals surface area contributed by atoms with Gasteiger partial charge in [-0.2, -0.15) is 4.98 Å². The number of hydrogen-bond donors (Lipinski definition) is 2. The Kier molecular flexibility index (Phi) is 5.13. The normalized spacial score (nSPS) is 12.2. The van der Waals surface area contributed by atoms with Crippen molar-refractivity contribution < 1.29 is 13.8 Å². The van der Waals surface area contributed by atoms with E-state index in [1.54, 1.807) is 6.92 Å². The van der Waals surface area contributed by atoms with Gasteiger partial charge in [-0.3, -0.25) is 0 Å². The Morgan fingerprint density at radius 1 is 1.23 bits per heavy atom. The first-order valence-corrected chi connectivity index (χ1v) is 7.21. The number of nitrogens with zero attached hydrogens (tertiary/aromatic N) is 3. The second-order valence-corrected chi connectivity index (χ2v) is 5.29. The molecular weight excluding hydrogens is 286 g/mol. The van der Waals surface area contributed by atoms with Gasteiger partial charge in [0.15, 0.2) is 5.82 Å². The van der Waals surface area contributed by atoms with Crippen molar-refractivity contribution in [2.75, 3.05) is 6.54 Å². The molecule has 2 aromatic rings. The summed E-state index contributed by atoms with van der Waals surface area (Å²) in [7, 11) is 0. The van der Waals surface area contributed by atoms with Gasteiger partial charge in [-0.1, -0.05) is 10.3 Å². The first-order valence-electron chi connectivity index (χ1n) is 7.21. The van der Waals surface area contributed by atoms with Crippen molar-refractivity contribution in [2.45, 2.75) is 46.6 Å². The molecule has 0 aliphatic heterocycles. The third-order valence-electron chi connectivity index (χ3n) is 3.26. The number of carbonyl (C=O) groups is 1. The van der Waals surface area contributed by atoms with Crippen molar-refractivity contribution in [3.05, 3.63) is 28.7 Å². The van der Waals surface area contributed by atoms with Crippen LogP contribution >= 0.6 is 0 Å². The minimum Gasteiger partial charge on any atom is -0.361 e. The van der Waals surface area contributed by atoms with E-state index in [-0.39, 0.29) is 12.1 Å². The highest BCUT2D eigenvalue weighted by atomic mass is 16.5. The Hall–Kier alpha value is -2.38. The number of aromatic nitrogens is 3. The van der Waals surface area contributed by atoms with Gasteiger partial charge in [-0.25, -0.2) is 4.79 Å². The summed E-state index contributed by atoms with van der Waals surface area (Å²) >= 11 is 0. The van der Waals surface area contributed by atoms with Crippen molar-refractivity contribution in [1.29, 1.82) is 0 Å². The molecule has 2 heterocycles. The maximum Gasteiger partial charge on any atom is 0.315 e. The van der Waals surface area contributed by atoms with Crippen molar-refractivity contribution in [3.63, 3.8) is 0 Å². The zero-order valence-corrected chi connectivity index (χ0v) is 13.3. The summed E-state index contributed by atoms with van der Waals surface area (Å²) in [5.41, 5.74) is 1.90. The van der Waals surface area contributed by atoms with E-state index < -0.39 is 0 Å². The van der Waals surface area contributed by atoms with Gasteiger partial charge in [0.25, 0.3) is 0 Å². The standard InChI is InChI=1S/C14H21N5O3/c1-8(7-12-9(2)18-21-10(12)3)16-14(20)15-6-5-13-17-11(4)19-22-13/h8H,5-7H2,1-4H3,(H2,15,16,20)/t8-/m0/s1. The number of hydrogen-bond acceptors (Lipinski definition) is 6. The molecule has 2 rings (SSSR count). The number of amides is 2. The highest BCUT2D eigenvalue weighted by Crippen LogP contribution is 2.14. The van der Waals surface area contributed by atoms with E-state index in [0.717, 1.165) is 17.0 Å². The van der Waals surface area contributed by atoms with Gasteiger partial charge in [-0.15, -0.1) is 0 Å². The van der Waals surface area contributed by atoms with Crippen LogP contribution in [0.5, 0.6) is 0 Å². The SMILES string of the molecule is Cc1noc(CCNC(=O)N[C@@H](C)Cc2c(C)noc2C)n1. The van der Waals surface area contributed by atoms with Crippen LogP contribution in [0.4, 0.5) is 4.79 Å². The van der Waals surface area contributed by atoms with E-state index in [0.29, 0.717) is 31.1 Å². The first kappa shape index (κ1) is 16.0. The number of carbonyl (C=O) groups excluding carboxylic acids is 1. The molecule has 0 aliphatic carbocycles. The molecule has 0 aliphatic rings. The highest BCUT2D eigenvalue weighted by Gasteiger charge is 2.14. The highest BCUT2D eigenvalue weighted by molar-refractivity contribution is 5.74. The van der Waals surface area contributed by atoms with Gasteiger partial charge in [-0.05, 0) is 34.1 Å². The molecule has 2 amide bonds. The molecule has 2 N–H and O–H groups in total. The summed E-state index contributed by atoms with van der Waals surface area (Å²) in [6.07, 6.45) is 1.18. The lowest BCUT2D eigenvalue weighted by Crippen LogP contribution is -2.42. The zero-order valence-electron chi connectivity index (χ0n) is 13.3. The van der Waals surface area contributed by atoms with Crippen LogP contribution in [0, 0.1) is 20.8 Å². The minimum atomic E-state index is -0.226. The molecule has 0 fully saturated rings. The average molecular weight is 307 g/mol. The van der Waals surface area contributed by atoms with Crippen LogP contribution in [0.2, 0.25) is 0 Å². The molecule has 0 aromatic carbocycles. The Balaban J connectivity index is 1.72. The lowest BCUT2D eigenvalue weighted by molar-refractivity contribution is 0.237. The van der Waals surface area contributed by atoms with Crippen LogP contribution in [0.25, 0.3) is 0 Å². The van der Waals surface area contributed by atoms with Gasteiger partial charge in [0.05, 0.1) is 5.69 Å².